The molecule has 1 aromatic carbocycles. The molecule has 0 spiro atoms. The van der Waals surface area contributed by atoms with Crippen LogP contribution in [-0.4, -0.2) is 13.6 Å². The van der Waals surface area contributed by atoms with Crippen LogP contribution in [0, 0.1) is 12.7 Å². The van der Waals surface area contributed by atoms with Crippen LogP contribution < -0.4 is 5.32 Å². The van der Waals surface area contributed by atoms with Gasteiger partial charge >= 0.3 is 0 Å². The van der Waals surface area contributed by atoms with Gasteiger partial charge in [0.05, 0.1) is 0 Å². The summed E-state index contributed by atoms with van der Waals surface area (Å²) in [5, 5.41) is 2.98. The molecule has 0 amide bonds. The van der Waals surface area contributed by atoms with Crippen molar-refractivity contribution in [2.45, 2.75) is 6.92 Å². The fraction of sp³-hybridized carbons (Fsp3) is 0.273. The molecule has 1 N–H and O–H groups in total. The third-order valence-corrected chi connectivity index (χ3v) is 1.83. The second-order valence-electron chi connectivity index (χ2n) is 2.97. The van der Waals surface area contributed by atoms with Gasteiger partial charge in [0, 0.05) is 6.54 Å². The first-order chi connectivity index (χ1) is 6.24. The predicted molar refractivity (Wildman–Crippen MR) is 54.1 cm³/mol. The van der Waals surface area contributed by atoms with Gasteiger partial charge in [0.1, 0.15) is 5.82 Å². The first kappa shape index (κ1) is 9.93. The van der Waals surface area contributed by atoms with E-state index in [4.69, 9.17) is 0 Å². The monoisotopic (exact) mass is 179 g/mol. The van der Waals surface area contributed by atoms with Gasteiger partial charge in [0.15, 0.2) is 0 Å². The Morgan fingerprint density at radius 3 is 2.85 bits per heavy atom. The van der Waals surface area contributed by atoms with Crippen molar-refractivity contribution in [2.75, 3.05) is 13.6 Å². The highest BCUT2D eigenvalue weighted by atomic mass is 19.1. The van der Waals surface area contributed by atoms with Gasteiger partial charge in [-0.3, -0.25) is 0 Å². The van der Waals surface area contributed by atoms with E-state index in [-0.39, 0.29) is 5.82 Å². The van der Waals surface area contributed by atoms with Gasteiger partial charge in [-0.2, -0.15) is 0 Å². The number of hydrogen-bond acceptors (Lipinski definition) is 1. The number of likely N-dealkylation sites (N-methyl/N-ethyl adjacent to an activating group) is 1. The fourth-order valence-corrected chi connectivity index (χ4v) is 1.03. The van der Waals surface area contributed by atoms with Gasteiger partial charge in [-0.25, -0.2) is 4.39 Å². The molecule has 0 radical (unpaired) electrons. The summed E-state index contributed by atoms with van der Waals surface area (Å²) in [5.41, 5.74) is 1.59. The number of rotatable bonds is 3. The lowest BCUT2D eigenvalue weighted by atomic mass is 10.1. The zero-order valence-electron chi connectivity index (χ0n) is 7.97. The molecule has 1 aromatic rings. The van der Waals surface area contributed by atoms with E-state index in [1.165, 1.54) is 0 Å². The second kappa shape index (κ2) is 4.77. The second-order valence-corrected chi connectivity index (χ2v) is 2.97. The zero-order valence-corrected chi connectivity index (χ0v) is 7.97. The maximum absolute atomic E-state index is 13.0. The van der Waals surface area contributed by atoms with Crippen molar-refractivity contribution in [3.05, 3.63) is 41.2 Å². The van der Waals surface area contributed by atoms with Gasteiger partial charge in [-0.15, -0.1) is 0 Å². The maximum Gasteiger partial charge on any atom is 0.126 e. The van der Waals surface area contributed by atoms with Crippen LogP contribution in [0.3, 0.4) is 0 Å². The van der Waals surface area contributed by atoms with Crippen LogP contribution in [0.5, 0.6) is 0 Å². The number of halogens is 1. The summed E-state index contributed by atoms with van der Waals surface area (Å²) in [7, 11) is 1.88. The third-order valence-electron chi connectivity index (χ3n) is 1.83. The Morgan fingerprint density at radius 2 is 2.23 bits per heavy atom. The minimum Gasteiger partial charge on any atom is -0.316 e. The molecule has 70 valence electrons. The van der Waals surface area contributed by atoms with Crippen LogP contribution >= 0.6 is 0 Å². The fourth-order valence-electron chi connectivity index (χ4n) is 1.03. The molecule has 1 nitrogen and oxygen atoms in total. The van der Waals surface area contributed by atoms with E-state index in [2.05, 4.69) is 5.32 Å². The Hall–Kier alpha value is -1.15. The molecule has 0 atom stereocenters. The number of hydrogen-bond donors (Lipinski definition) is 1. The Labute approximate surface area is 78.3 Å². The van der Waals surface area contributed by atoms with E-state index >= 15 is 0 Å². The number of benzene rings is 1. The minimum atomic E-state index is -0.147. The molecule has 0 aliphatic heterocycles. The third kappa shape index (κ3) is 2.99. The summed E-state index contributed by atoms with van der Waals surface area (Å²) in [4.78, 5) is 0. The van der Waals surface area contributed by atoms with Crippen LogP contribution in [0.4, 0.5) is 4.39 Å². The summed E-state index contributed by atoms with van der Waals surface area (Å²) in [5.74, 6) is -0.147. The molecule has 2 heteroatoms. The maximum atomic E-state index is 13.0. The smallest absolute Gasteiger partial charge is 0.126 e. The predicted octanol–water partition coefficient (Wildman–Crippen LogP) is 2.37. The van der Waals surface area contributed by atoms with Crippen molar-refractivity contribution in [1.82, 2.24) is 5.32 Å². The van der Waals surface area contributed by atoms with E-state index in [1.54, 1.807) is 19.1 Å². The lowest BCUT2D eigenvalue weighted by Crippen LogP contribution is -2.03. The van der Waals surface area contributed by atoms with Crippen LogP contribution in [0.1, 0.15) is 11.1 Å². The lowest BCUT2D eigenvalue weighted by molar-refractivity contribution is 0.618. The van der Waals surface area contributed by atoms with E-state index in [0.29, 0.717) is 5.56 Å². The summed E-state index contributed by atoms with van der Waals surface area (Å²) in [6.07, 6.45) is 3.86. The number of aryl methyl sites for hydroxylation is 1. The molecule has 0 heterocycles. The van der Waals surface area contributed by atoms with E-state index < -0.39 is 0 Å². The minimum absolute atomic E-state index is 0.147. The van der Waals surface area contributed by atoms with E-state index in [1.807, 2.05) is 25.3 Å². The zero-order chi connectivity index (χ0) is 9.68. The van der Waals surface area contributed by atoms with Crippen molar-refractivity contribution < 1.29 is 4.39 Å². The molecule has 0 unspecified atom stereocenters. The molecule has 13 heavy (non-hydrogen) atoms. The molecule has 0 aliphatic rings. The van der Waals surface area contributed by atoms with E-state index in [0.717, 1.165) is 12.1 Å². The SMILES string of the molecule is CNC/C=C/c1ccc(C)c(F)c1. The standard InChI is InChI=1S/C11H14FN/c1-9-5-6-10(8-11(9)12)4-3-7-13-2/h3-6,8,13H,7H2,1-2H3/b4-3+. The van der Waals surface area contributed by atoms with Crippen molar-refractivity contribution in [3.63, 3.8) is 0 Å². The van der Waals surface area contributed by atoms with Crippen molar-refractivity contribution >= 4 is 6.08 Å². The first-order valence-electron chi connectivity index (χ1n) is 4.31. The molecular formula is C11H14FN. The average Bonchev–Trinajstić information content (AvgIpc) is 2.12. The molecule has 0 saturated carbocycles. The first-order valence-corrected chi connectivity index (χ1v) is 4.31. The van der Waals surface area contributed by atoms with Crippen LogP contribution in [0.2, 0.25) is 0 Å². The van der Waals surface area contributed by atoms with Crippen molar-refractivity contribution in [2.24, 2.45) is 0 Å². The molecule has 1 rings (SSSR count). The van der Waals surface area contributed by atoms with Gasteiger partial charge in [-0.05, 0) is 31.2 Å². The Morgan fingerprint density at radius 1 is 1.46 bits per heavy atom. The van der Waals surface area contributed by atoms with Crippen LogP contribution in [0.15, 0.2) is 24.3 Å². The van der Waals surface area contributed by atoms with Crippen LogP contribution in [0.25, 0.3) is 6.08 Å². The Kier molecular flexibility index (Phi) is 3.65. The van der Waals surface area contributed by atoms with Crippen LogP contribution in [-0.2, 0) is 0 Å². The molecule has 0 bridgehead atoms. The summed E-state index contributed by atoms with van der Waals surface area (Å²) >= 11 is 0. The van der Waals surface area contributed by atoms with Gasteiger partial charge in [0.25, 0.3) is 0 Å². The molecule has 0 aliphatic carbocycles. The van der Waals surface area contributed by atoms with E-state index in [9.17, 15) is 4.39 Å². The highest BCUT2D eigenvalue weighted by Gasteiger charge is 1.95. The average molecular weight is 179 g/mol. The highest BCUT2D eigenvalue weighted by molar-refractivity contribution is 5.50. The molecule has 0 fully saturated rings. The Bertz CT molecular complexity index is 305. The van der Waals surface area contributed by atoms with Crippen molar-refractivity contribution in [1.29, 1.82) is 0 Å². The molecular weight excluding hydrogens is 165 g/mol. The quantitative estimate of drug-likeness (QED) is 0.751. The summed E-state index contributed by atoms with van der Waals surface area (Å²) in [6, 6.07) is 5.24. The van der Waals surface area contributed by atoms with Gasteiger partial charge in [-0.1, -0.05) is 24.3 Å². The highest BCUT2D eigenvalue weighted by Crippen LogP contribution is 2.10. The summed E-state index contributed by atoms with van der Waals surface area (Å²) in [6.45, 7) is 2.56. The Balaban J connectivity index is 2.73. The van der Waals surface area contributed by atoms with Crippen molar-refractivity contribution in [3.8, 4) is 0 Å². The van der Waals surface area contributed by atoms with Gasteiger partial charge < -0.3 is 5.32 Å². The molecule has 0 aromatic heterocycles. The largest absolute Gasteiger partial charge is 0.316 e. The number of nitrogens with one attached hydrogen (secondary N) is 1. The van der Waals surface area contributed by atoms with Gasteiger partial charge in [0.2, 0.25) is 0 Å². The lowest BCUT2D eigenvalue weighted by Gasteiger charge is -1.97. The molecule has 0 saturated heterocycles. The topological polar surface area (TPSA) is 12.0 Å². The summed E-state index contributed by atoms with van der Waals surface area (Å²) < 4.78 is 13.0. The normalized spacial score (nSPS) is 11.0.